The van der Waals surface area contributed by atoms with Crippen LogP contribution in [0.2, 0.25) is 0 Å². The van der Waals surface area contributed by atoms with E-state index in [0.717, 1.165) is 51.0 Å². The van der Waals surface area contributed by atoms with Crippen molar-refractivity contribution >= 4 is 11.5 Å². The molecule has 2 aromatic heterocycles. The summed E-state index contributed by atoms with van der Waals surface area (Å²) in [7, 11) is 0. The number of benzene rings is 2. The zero-order chi connectivity index (χ0) is 20.0. The Morgan fingerprint density at radius 2 is 1.83 bits per heavy atom. The van der Waals surface area contributed by atoms with Crippen molar-refractivity contribution < 1.29 is 13.9 Å². The van der Waals surface area contributed by atoms with Gasteiger partial charge in [0.05, 0.1) is 5.69 Å². The van der Waals surface area contributed by atoms with E-state index in [1.165, 1.54) is 12.1 Å². The highest BCUT2D eigenvalue weighted by molar-refractivity contribution is 5.82. The number of fused-ring (bicyclic) bond motifs is 2. The molecule has 2 aromatic carbocycles. The third kappa shape index (κ3) is 3.14. The average molecular weight is 390 g/mol. The van der Waals surface area contributed by atoms with Crippen LogP contribution in [0.3, 0.4) is 0 Å². The molecule has 7 heteroatoms. The van der Waals surface area contributed by atoms with Gasteiger partial charge >= 0.3 is 0 Å². The lowest BCUT2D eigenvalue weighted by molar-refractivity contribution is 0.174. The number of hydrogen-bond donors (Lipinski definition) is 1. The largest absolute Gasteiger partial charge is 0.454 e. The molecule has 1 aliphatic heterocycles. The van der Waals surface area contributed by atoms with Gasteiger partial charge in [-0.05, 0) is 49.2 Å². The molecule has 0 atom stereocenters. The molecule has 4 aromatic rings. The monoisotopic (exact) mass is 390 g/mol. The third-order valence-corrected chi connectivity index (χ3v) is 4.94. The Morgan fingerprint density at radius 3 is 2.66 bits per heavy atom. The lowest BCUT2D eigenvalue weighted by Crippen LogP contribution is -2.07. The van der Waals surface area contributed by atoms with E-state index in [2.05, 4.69) is 5.32 Å². The summed E-state index contributed by atoms with van der Waals surface area (Å²) in [6.07, 6.45) is 0. The van der Waals surface area contributed by atoms with E-state index in [9.17, 15) is 4.39 Å². The van der Waals surface area contributed by atoms with Crippen molar-refractivity contribution in [3.05, 3.63) is 71.3 Å². The van der Waals surface area contributed by atoms with Gasteiger partial charge in [-0.15, -0.1) is 0 Å². The first-order valence-electron chi connectivity index (χ1n) is 9.34. The van der Waals surface area contributed by atoms with Crippen LogP contribution >= 0.6 is 0 Å². The first kappa shape index (κ1) is 17.5. The van der Waals surface area contributed by atoms with E-state index in [1.54, 1.807) is 12.1 Å². The summed E-state index contributed by atoms with van der Waals surface area (Å²) in [5, 5.41) is 8.10. The van der Waals surface area contributed by atoms with Gasteiger partial charge in [-0.2, -0.15) is 9.61 Å². The molecule has 5 rings (SSSR count). The van der Waals surface area contributed by atoms with Crippen LogP contribution in [0.15, 0.2) is 48.5 Å². The quantitative estimate of drug-likeness (QED) is 0.556. The van der Waals surface area contributed by atoms with Crippen molar-refractivity contribution in [2.45, 2.75) is 20.4 Å². The summed E-state index contributed by atoms with van der Waals surface area (Å²) < 4.78 is 25.9. The normalized spacial score (nSPS) is 12.5. The summed E-state index contributed by atoms with van der Waals surface area (Å²) in [6, 6.07) is 14.3. The molecule has 1 aliphatic rings. The first-order valence-corrected chi connectivity index (χ1v) is 9.34. The molecule has 0 aliphatic carbocycles. The number of aromatic nitrogens is 3. The Balaban J connectivity index is 1.55. The minimum Gasteiger partial charge on any atom is -0.454 e. The molecule has 0 fully saturated rings. The lowest BCUT2D eigenvalue weighted by atomic mass is 10.1. The summed E-state index contributed by atoms with van der Waals surface area (Å²) in [6.45, 7) is 4.71. The Hall–Kier alpha value is -3.61. The Bertz CT molecular complexity index is 1220. The van der Waals surface area contributed by atoms with E-state index >= 15 is 0 Å². The molecule has 0 unspecified atom stereocenters. The average Bonchev–Trinajstić information content (AvgIpc) is 3.30. The maximum absolute atomic E-state index is 13.1. The Morgan fingerprint density at radius 1 is 1.03 bits per heavy atom. The molecular formula is C22H19FN4O2. The molecule has 6 nitrogen and oxygen atoms in total. The fraction of sp³-hybridized carbons (Fsp3) is 0.182. The number of hydrogen-bond acceptors (Lipinski definition) is 5. The van der Waals surface area contributed by atoms with Gasteiger partial charge in [0.1, 0.15) is 11.6 Å². The van der Waals surface area contributed by atoms with Gasteiger partial charge in [0.2, 0.25) is 6.79 Å². The molecule has 3 heterocycles. The van der Waals surface area contributed by atoms with Crippen LogP contribution < -0.4 is 14.8 Å². The summed E-state index contributed by atoms with van der Waals surface area (Å²) in [4.78, 5) is 4.73. The van der Waals surface area contributed by atoms with Crippen LogP contribution in [0.25, 0.3) is 16.8 Å². The standard InChI is InChI=1S/C22H19FN4O2/c1-13-9-20(24-11-15-3-6-17(23)7-4-15)27-22(25-13)21(14(2)26-27)16-5-8-18-19(10-16)29-12-28-18/h3-10,24H,11-12H2,1-2H3. The molecule has 1 N–H and O–H groups in total. The van der Waals surface area contributed by atoms with Crippen molar-refractivity contribution in [3.8, 4) is 22.6 Å². The summed E-state index contributed by atoms with van der Waals surface area (Å²) in [5.41, 5.74) is 5.42. The number of nitrogens with zero attached hydrogens (tertiary/aromatic N) is 3. The molecule has 0 spiro atoms. The molecule has 29 heavy (non-hydrogen) atoms. The van der Waals surface area contributed by atoms with Crippen LogP contribution in [0.1, 0.15) is 17.0 Å². The van der Waals surface area contributed by atoms with Crippen LogP contribution in [0, 0.1) is 19.7 Å². The summed E-state index contributed by atoms with van der Waals surface area (Å²) >= 11 is 0. The van der Waals surface area contributed by atoms with Crippen molar-refractivity contribution in [2.24, 2.45) is 0 Å². The molecule has 146 valence electrons. The zero-order valence-corrected chi connectivity index (χ0v) is 16.1. The van der Waals surface area contributed by atoms with E-state index in [0.29, 0.717) is 6.54 Å². The van der Waals surface area contributed by atoms with Crippen molar-refractivity contribution in [1.29, 1.82) is 0 Å². The van der Waals surface area contributed by atoms with Gasteiger partial charge < -0.3 is 14.8 Å². The van der Waals surface area contributed by atoms with Crippen LogP contribution in [-0.4, -0.2) is 21.4 Å². The van der Waals surface area contributed by atoms with Crippen molar-refractivity contribution in [1.82, 2.24) is 14.6 Å². The second kappa shape index (κ2) is 6.77. The van der Waals surface area contributed by atoms with Crippen LogP contribution in [0.5, 0.6) is 11.5 Å². The molecule has 0 saturated heterocycles. The maximum atomic E-state index is 13.1. The van der Waals surface area contributed by atoms with Gasteiger partial charge in [-0.25, -0.2) is 9.37 Å². The highest BCUT2D eigenvalue weighted by atomic mass is 19.1. The minimum atomic E-state index is -0.244. The van der Waals surface area contributed by atoms with Crippen LogP contribution in [-0.2, 0) is 6.54 Å². The van der Waals surface area contributed by atoms with Crippen molar-refractivity contribution in [2.75, 3.05) is 12.1 Å². The highest BCUT2D eigenvalue weighted by Gasteiger charge is 2.19. The number of ether oxygens (including phenoxy) is 2. The predicted molar refractivity (Wildman–Crippen MR) is 108 cm³/mol. The number of nitrogens with one attached hydrogen (secondary N) is 1. The fourth-order valence-electron chi connectivity index (χ4n) is 3.56. The Labute approximate surface area is 166 Å². The molecular weight excluding hydrogens is 371 g/mol. The fourth-order valence-corrected chi connectivity index (χ4v) is 3.56. The second-order valence-electron chi connectivity index (χ2n) is 7.03. The molecule has 0 radical (unpaired) electrons. The number of halogens is 1. The SMILES string of the molecule is Cc1cc(NCc2ccc(F)cc2)n2nc(C)c(-c3ccc4c(c3)OCO4)c2n1. The smallest absolute Gasteiger partial charge is 0.231 e. The zero-order valence-electron chi connectivity index (χ0n) is 16.1. The maximum Gasteiger partial charge on any atom is 0.231 e. The van der Waals surface area contributed by atoms with Gasteiger partial charge in [-0.1, -0.05) is 18.2 Å². The number of aryl methyl sites for hydroxylation is 2. The van der Waals surface area contributed by atoms with Gasteiger partial charge in [0, 0.05) is 23.9 Å². The van der Waals surface area contributed by atoms with E-state index < -0.39 is 0 Å². The van der Waals surface area contributed by atoms with E-state index in [-0.39, 0.29) is 12.6 Å². The van der Waals surface area contributed by atoms with E-state index in [1.807, 2.05) is 42.6 Å². The lowest BCUT2D eigenvalue weighted by Gasteiger charge is -2.10. The third-order valence-electron chi connectivity index (χ3n) is 4.94. The van der Waals surface area contributed by atoms with Crippen LogP contribution in [0.4, 0.5) is 10.2 Å². The highest BCUT2D eigenvalue weighted by Crippen LogP contribution is 2.38. The molecule has 0 bridgehead atoms. The van der Waals surface area contributed by atoms with E-state index in [4.69, 9.17) is 19.6 Å². The minimum absolute atomic E-state index is 0.237. The second-order valence-corrected chi connectivity index (χ2v) is 7.03. The number of rotatable bonds is 4. The van der Waals surface area contributed by atoms with Gasteiger partial charge in [-0.3, -0.25) is 0 Å². The van der Waals surface area contributed by atoms with Gasteiger partial charge in [0.25, 0.3) is 0 Å². The van der Waals surface area contributed by atoms with Gasteiger partial charge in [0.15, 0.2) is 17.1 Å². The molecule has 0 amide bonds. The Kier molecular flexibility index (Phi) is 4.08. The first-order chi connectivity index (χ1) is 14.1. The van der Waals surface area contributed by atoms with Crippen molar-refractivity contribution in [3.63, 3.8) is 0 Å². The predicted octanol–water partition coefficient (Wildman–Crippen LogP) is 4.49. The number of anilines is 1. The topological polar surface area (TPSA) is 60.7 Å². The summed E-state index contributed by atoms with van der Waals surface area (Å²) in [5.74, 6) is 2.05. The molecule has 0 saturated carbocycles.